The molecule has 4 rings (SSSR count). The molecule has 2 heterocycles. The van der Waals surface area contributed by atoms with Crippen molar-refractivity contribution in [1.82, 2.24) is 9.88 Å². The summed E-state index contributed by atoms with van der Waals surface area (Å²) in [7, 11) is 0. The molecule has 1 aliphatic heterocycles. The third-order valence-corrected chi connectivity index (χ3v) is 4.90. The van der Waals surface area contributed by atoms with Gasteiger partial charge in [-0.25, -0.2) is 4.39 Å². The van der Waals surface area contributed by atoms with Crippen LogP contribution in [-0.4, -0.2) is 39.5 Å². The zero-order valence-electron chi connectivity index (χ0n) is 15.2. The molecule has 2 amide bonds. The SMILES string of the molecule is NC(=O)[C@@H]1CC(C(=O)N(Cc2cccnc2)C2CC2)=NN1c1ccc(F)cc1. The van der Waals surface area contributed by atoms with E-state index in [9.17, 15) is 14.0 Å². The molecule has 0 bridgehead atoms. The fraction of sp³-hybridized carbons (Fsp3) is 0.300. The molecule has 2 N–H and O–H groups in total. The zero-order valence-corrected chi connectivity index (χ0v) is 15.2. The van der Waals surface area contributed by atoms with E-state index in [-0.39, 0.29) is 24.1 Å². The number of aromatic nitrogens is 1. The number of hydrazone groups is 1. The second kappa shape index (κ2) is 7.38. The fourth-order valence-electron chi connectivity index (χ4n) is 3.30. The first kappa shape index (κ1) is 18.1. The fourth-order valence-corrected chi connectivity index (χ4v) is 3.30. The van der Waals surface area contributed by atoms with Gasteiger partial charge in [0.2, 0.25) is 5.91 Å². The van der Waals surface area contributed by atoms with E-state index in [4.69, 9.17) is 5.73 Å². The van der Waals surface area contributed by atoms with E-state index < -0.39 is 17.8 Å². The summed E-state index contributed by atoms with van der Waals surface area (Å²) in [6.07, 6.45) is 5.43. The number of pyridine rings is 1. The first-order chi connectivity index (χ1) is 13.5. The third kappa shape index (κ3) is 3.71. The number of halogens is 1. The molecule has 7 nitrogen and oxygen atoms in total. The Hall–Kier alpha value is -3.29. The first-order valence-corrected chi connectivity index (χ1v) is 9.14. The summed E-state index contributed by atoms with van der Waals surface area (Å²) in [5, 5.41) is 5.79. The number of carbonyl (C=O) groups excluding carboxylic acids is 2. The monoisotopic (exact) mass is 381 g/mol. The van der Waals surface area contributed by atoms with Crippen LogP contribution in [0.3, 0.4) is 0 Å². The Labute approximate surface area is 161 Å². The van der Waals surface area contributed by atoms with Crippen LogP contribution < -0.4 is 10.7 Å². The molecule has 28 heavy (non-hydrogen) atoms. The predicted octanol–water partition coefficient (Wildman–Crippen LogP) is 1.83. The lowest BCUT2D eigenvalue weighted by Crippen LogP contribution is -2.40. The molecule has 8 heteroatoms. The van der Waals surface area contributed by atoms with Crippen LogP contribution in [-0.2, 0) is 16.1 Å². The van der Waals surface area contributed by atoms with E-state index in [2.05, 4.69) is 10.1 Å². The minimum Gasteiger partial charge on any atom is -0.368 e. The van der Waals surface area contributed by atoms with Crippen molar-refractivity contribution in [2.24, 2.45) is 10.8 Å². The van der Waals surface area contributed by atoms with Gasteiger partial charge in [0, 0.05) is 31.4 Å². The molecule has 0 unspecified atom stereocenters. The molecule has 1 saturated carbocycles. The molecule has 1 atom stereocenters. The van der Waals surface area contributed by atoms with Gasteiger partial charge >= 0.3 is 0 Å². The van der Waals surface area contributed by atoms with Crippen LogP contribution in [0.2, 0.25) is 0 Å². The summed E-state index contributed by atoms with van der Waals surface area (Å²) in [5.41, 5.74) is 7.26. The summed E-state index contributed by atoms with van der Waals surface area (Å²) < 4.78 is 13.2. The first-order valence-electron chi connectivity index (χ1n) is 9.14. The Morgan fingerprint density at radius 3 is 2.57 bits per heavy atom. The summed E-state index contributed by atoms with van der Waals surface area (Å²) in [4.78, 5) is 31.0. The predicted molar refractivity (Wildman–Crippen MR) is 102 cm³/mol. The number of amides is 2. The van der Waals surface area contributed by atoms with E-state index in [0.717, 1.165) is 18.4 Å². The standard InChI is InChI=1S/C20H20FN5O2/c21-14-3-5-16(6-4-14)26-18(19(22)27)10-17(24-26)20(28)25(15-7-8-15)12-13-2-1-9-23-11-13/h1-6,9,11,15,18H,7-8,10,12H2,(H2,22,27)/t18-/m0/s1. The molecular weight excluding hydrogens is 361 g/mol. The van der Waals surface area contributed by atoms with Gasteiger partial charge in [0.15, 0.2) is 0 Å². The van der Waals surface area contributed by atoms with Gasteiger partial charge < -0.3 is 10.6 Å². The highest BCUT2D eigenvalue weighted by molar-refractivity contribution is 6.40. The van der Waals surface area contributed by atoms with Crippen molar-refractivity contribution in [3.05, 3.63) is 60.2 Å². The van der Waals surface area contributed by atoms with Gasteiger partial charge in [0.1, 0.15) is 17.6 Å². The Kier molecular flexibility index (Phi) is 4.77. The van der Waals surface area contributed by atoms with E-state index in [0.29, 0.717) is 12.2 Å². The summed E-state index contributed by atoms with van der Waals surface area (Å²) in [5.74, 6) is -1.18. The van der Waals surface area contributed by atoms with Gasteiger partial charge in [-0.1, -0.05) is 6.07 Å². The lowest BCUT2D eigenvalue weighted by atomic mass is 10.1. The number of nitrogens with two attached hydrogens (primary N) is 1. The normalized spacial score (nSPS) is 18.7. The number of nitrogens with zero attached hydrogens (tertiary/aromatic N) is 4. The van der Waals surface area contributed by atoms with Crippen LogP contribution in [0.1, 0.15) is 24.8 Å². The number of carbonyl (C=O) groups is 2. The lowest BCUT2D eigenvalue weighted by molar-refractivity contribution is -0.125. The average Bonchev–Trinajstić information content (AvgIpc) is 3.44. The minimum atomic E-state index is -0.774. The van der Waals surface area contributed by atoms with Gasteiger partial charge in [-0.15, -0.1) is 0 Å². The van der Waals surface area contributed by atoms with Crippen molar-refractivity contribution >= 4 is 23.2 Å². The second-order valence-electron chi connectivity index (χ2n) is 7.02. The Balaban J connectivity index is 1.59. The quantitative estimate of drug-likeness (QED) is 0.826. The number of anilines is 1. The van der Waals surface area contributed by atoms with E-state index in [1.54, 1.807) is 17.3 Å². The largest absolute Gasteiger partial charge is 0.368 e. The van der Waals surface area contributed by atoms with Crippen molar-refractivity contribution in [2.75, 3.05) is 5.01 Å². The Bertz CT molecular complexity index is 912. The molecule has 0 spiro atoms. The molecule has 2 aromatic rings. The molecule has 2 aliphatic rings. The molecule has 144 valence electrons. The molecule has 1 aromatic carbocycles. The number of hydrogen-bond donors (Lipinski definition) is 1. The highest BCUT2D eigenvalue weighted by Crippen LogP contribution is 2.31. The van der Waals surface area contributed by atoms with E-state index in [1.165, 1.54) is 29.3 Å². The number of primary amides is 1. The summed E-state index contributed by atoms with van der Waals surface area (Å²) in [6, 6.07) is 8.72. The zero-order chi connectivity index (χ0) is 19.7. The molecule has 1 fully saturated rings. The Morgan fingerprint density at radius 1 is 1.21 bits per heavy atom. The van der Waals surface area contributed by atoms with Crippen LogP contribution in [0.4, 0.5) is 10.1 Å². The molecule has 0 radical (unpaired) electrons. The van der Waals surface area contributed by atoms with Gasteiger partial charge in [0.05, 0.1) is 5.69 Å². The third-order valence-electron chi connectivity index (χ3n) is 4.90. The number of benzene rings is 1. The maximum atomic E-state index is 13.2. The number of hydrogen-bond acceptors (Lipinski definition) is 5. The maximum absolute atomic E-state index is 13.2. The van der Waals surface area contributed by atoms with Gasteiger partial charge in [0.25, 0.3) is 5.91 Å². The van der Waals surface area contributed by atoms with Crippen molar-refractivity contribution < 1.29 is 14.0 Å². The van der Waals surface area contributed by atoms with Crippen LogP contribution in [0.25, 0.3) is 0 Å². The molecule has 0 saturated heterocycles. The van der Waals surface area contributed by atoms with Crippen LogP contribution in [0.15, 0.2) is 53.9 Å². The summed E-state index contributed by atoms with van der Waals surface area (Å²) >= 11 is 0. The summed E-state index contributed by atoms with van der Waals surface area (Å²) in [6.45, 7) is 0.439. The smallest absolute Gasteiger partial charge is 0.270 e. The minimum absolute atomic E-state index is 0.127. The van der Waals surface area contributed by atoms with Gasteiger partial charge in [-0.3, -0.25) is 19.6 Å². The van der Waals surface area contributed by atoms with Crippen molar-refractivity contribution in [1.29, 1.82) is 0 Å². The Morgan fingerprint density at radius 2 is 1.96 bits per heavy atom. The van der Waals surface area contributed by atoms with Crippen molar-refractivity contribution in [3.63, 3.8) is 0 Å². The van der Waals surface area contributed by atoms with Gasteiger partial charge in [-0.05, 0) is 48.7 Å². The van der Waals surface area contributed by atoms with Crippen molar-refractivity contribution in [2.45, 2.75) is 37.9 Å². The lowest BCUT2D eigenvalue weighted by Gasteiger charge is -2.22. The van der Waals surface area contributed by atoms with Gasteiger partial charge in [-0.2, -0.15) is 5.10 Å². The highest BCUT2D eigenvalue weighted by Gasteiger charge is 2.40. The molecular formula is C20H20FN5O2. The van der Waals surface area contributed by atoms with Crippen LogP contribution in [0, 0.1) is 5.82 Å². The second-order valence-corrected chi connectivity index (χ2v) is 7.02. The topological polar surface area (TPSA) is 91.9 Å². The maximum Gasteiger partial charge on any atom is 0.270 e. The number of rotatable bonds is 6. The average molecular weight is 381 g/mol. The molecule has 1 aromatic heterocycles. The van der Waals surface area contributed by atoms with Crippen LogP contribution >= 0.6 is 0 Å². The molecule has 1 aliphatic carbocycles. The van der Waals surface area contributed by atoms with Crippen LogP contribution in [0.5, 0.6) is 0 Å². The van der Waals surface area contributed by atoms with Crippen molar-refractivity contribution in [3.8, 4) is 0 Å². The highest BCUT2D eigenvalue weighted by atomic mass is 19.1. The van der Waals surface area contributed by atoms with E-state index in [1.807, 2.05) is 12.1 Å². The van der Waals surface area contributed by atoms with E-state index >= 15 is 0 Å².